The zero-order valence-corrected chi connectivity index (χ0v) is 14.7. The highest BCUT2D eigenvalue weighted by Crippen LogP contribution is 2.20. The van der Waals surface area contributed by atoms with E-state index < -0.39 is 0 Å². The van der Waals surface area contributed by atoms with E-state index in [0.29, 0.717) is 24.8 Å². The first-order valence-corrected chi connectivity index (χ1v) is 9.08. The molecular weight excluding hydrogens is 352 g/mol. The third-order valence-corrected chi connectivity index (χ3v) is 4.73. The number of hydrogen-bond donors (Lipinski definition) is 0. The Morgan fingerprint density at radius 1 is 1.12 bits per heavy atom. The Hall–Kier alpha value is -2.94. The molecule has 1 amide bonds. The van der Waals surface area contributed by atoms with Gasteiger partial charge in [0.1, 0.15) is 6.10 Å². The Kier molecular flexibility index (Phi) is 4.78. The third kappa shape index (κ3) is 3.67. The fourth-order valence-electron chi connectivity index (χ4n) is 2.82. The summed E-state index contributed by atoms with van der Waals surface area (Å²) < 4.78 is 9.60. The quantitative estimate of drug-likeness (QED) is 0.696. The van der Waals surface area contributed by atoms with Crippen molar-refractivity contribution in [3.63, 3.8) is 0 Å². The number of piperidine rings is 1. The molecule has 26 heavy (non-hydrogen) atoms. The fourth-order valence-corrected chi connectivity index (χ4v) is 3.25. The van der Waals surface area contributed by atoms with Crippen molar-refractivity contribution in [2.45, 2.75) is 18.9 Å². The molecule has 0 radical (unpaired) electrons. The first kappa shape index (κ1) is 16.5. The molecular formula is C17H16N6O2S. The predicted octanol–water partition coefficient (Wildman–Crippen LogP) is 2.07. The number of nitrogens with zero attached hydrogens (tertiary/aromatic N) is 6. The molecule has 3 aromatic heterocycles. The zero-order chi connectivity index (χ0) is 17.8. The van der Waals surface area contributed by atoms with Gasteiger partial charge in [-0.1, -0.05) is 4.49 Å². The summed E-state index contributed by atoms with van der Waals surface area (Å²) in [6, 6.07) is 4.17. The molecule has 0 saturated carbocycles. The lowest BCUT2D eigenvalue weighted by molar-refractivity contribution is 0.0573. The van der Waals surface area contributed by atoms with Gasteiger partial charge in [0, 0.05) is 61.7 Å². The molecule has 0 spiro atoms. The van der Waals surface area contributed by atoms with Crippen molar-refractivity contribution in [2.75, 3.05) is 13.1 Å². The maximum Gasteiger partial charge on any atom is 0.316 e. The normalized spacial score (nSPS) is 15.0. The second kappa shape index (κ2) is 7.52. The topological polar surface area (TPSA) is 94.0 Å². The van der Waals surface area contributed by atoms with E-state index in [1.54, 1.807) is 35.1 Å². The summed E-state index contributed by atoms with van der Waals surface area (Å²) in [7, 11) is 0. The van der Waals surface area contributed by atoms with Gasteiger partial charge in [-0.25, -0.2) is 9.97 Å². The van der Waals surface area contributed by atoms with Crippen LogP contribution in [0.4, 0.5) is 0 Å². The highest BCUT2D eigenvalue weighted by Gasteiger charge is 2.26. The van der Waals surface area contributed by atoms with Crippen LogP contribution in [0.15, 0.2) is 42.3 Å². The number of hydrogen-bond acceptors (Lipinski definition) is 8. The Balaban J connectivity index is 1.32. The predicted molar refractivity (Wildman–Crippen MR) is 94.7 cm³/mol. The van der Waals surface area contributed by atoms with Crippen molar-refractivity contribution in [3.8, 4) is 17.1 Å². The van der Waals surface area contributed by atoms with Crippen LogP contribution in [0.3, 0.4) is 0 Å². The maximum atomic E-state index is 12.3. The molecule has 0 aromatic carbocycles. The molecule has 0 atom stereocenters. The van der Waals surface area contributed by atoms with E-state index in [1.807, 2.05) is 12.1 Å². The lowest BCUT2D eigenvalue weighted by atomic mass is 10.1. The molecule has 4 rings (SSSR count). The van der Waals surface area contributed by atoms with Gasteiger partial charge in [-0.05, 0) is 29.2 Å². The van der Waals surface area contributed by atoms with Gasteiger partial charge in [0.05, 0.1) is 0 Å². The van der Waals surface area contributed by atoms with Crippen LogP contribution < -0.4 is 4.74 Å². The third-order valence-electron chi connectivity index (χ3n) is 4.22. The molecule has 4 heterocycles. The molecule has 0 bridgehead atoms. The molecule has 132 valence electrons. The van der Waals surface area contributed by atoms with E-state index in [1.165, 1.54) is 11.5 Å². The summed E-state index contributed by atoms with van der Waals surface area (Å²) in [6.45, 7) is 1.24. The van der Waals surface area contributed by atoms with Gasteiger partial charge in [-0.3, -0.25) is 9.78 Å². The summed E-state index contributed by atoms with van der Waals surface area (Å²) in [5.74, 6) is -0.0739. The van der Waals surface area contributed by atoms with Crippen molar-refractivity contribution in [2.24, 2.45) is 0 Å². The molecule has 1 saturated heterocycles. The number of carbonyl (C=O) groups is 1. The first-order valence-electron chi connectivity index (χ1n) is 8.25. The largest absolute Gasteiger partial charge is 0.460 e. The number of rotatable bonds is 4. The van der Waals surface area contributed by atoms with Gasteiger partial charge in [0.15, 0.2) is 5.69 Å². The summed E-state index contributed by atoms with van der Waals surface area (Å²) >= 11 is 1.18. The molecule has 1 aliphatic heterocycles. The molecule has 0 aliphatic carbocycles. The number of pyridine rings is 1. The van der Waals surface area contributed by atoms with Gasteiger partial charge in [0.25, 0.3) is 5.91 Å². The fraction of sp³-hybridized carbons (Fsp3) is 0.294. The minimum absolute atomic E-state index is 0.000570. The van der Waals surface area contributed by atoms with Crippen LogP contribution in [0.1, 0.15) is 23.3 Å². The van der Waals surface area contributed by atoms with E-state index in [4.69, 9.17) is 4.74 Å². The summed E-state index contributed by atoms with van der Waals surface area (Å²) in [5.41, 5.74) is 2.33. The van der Waals surface area contributed by atoms with Gasteiger partial charge >= 0.3 is 6.01 Å². The monoisotopic (exact) mass is 368 g/mol. The number of amides is 1. The molecule has 1 fully saturated rings. The molecule has 9 heteroatoms. The number of ether oxygens (including phenoxy) is 1. The Morgan fingerprint density at radius 2 is 1.85 bits per heavy atom. The van der Waals surface area contributed by atoms with E-state index in [-0.39, 0.29) is 12.0 Å². The highest BCUT2D eigenvalue weighted by atomic mass is 32.1. The number of carbonyl (C=O) groups excluding carboxylic acids is 1. The smallest absolute Gasteiger partial charge is 0.316 e. The lowest BCUT2D eigenvalue weighted by Crippen LogP contribution is -2.42. The average molecular weight is 368 g/mol. The zero-order valence-electron chi connectivity index (χ0n) is 13.9. The summed E-state index contributed by atoms with van der Waals surface area (Å²) in [4.78, 5) is 26.6. The molecule has 1 aliphatic rings. The van der Waals surface area contributed by atoms with Gasteiger partial charge in [0.2, 0.25) is 0 Å². The number of likely N-dealkylation sites (tertiary alicyclic amines) is 1. The van der Waals surface area contributed by atoms with Crippen LogP contribution in [0.2, 0.25) is 0 Å². The van der Waals surface area contributed by atoms with Crippen molar-refractivity contribution < 1.29 is 9.53 Å². The molecule has 3 aromatic rings. The highest BCUT2D eigenvalue weighted by molar-refractivity contribution is 7.03. The molecule has 0 N–H and O–H groups in total. The van der Waals surface area contributed by atoms with E-state index in [0.717, 1.165) is 24.0 Å². The van der Waals surface area contributed by atoms with Crippen molar-refractivity contribution >= 4 is 17.4 Å². The maximum absolute atomic E-state index is 12.3. The standard InChI is InChI=1S/C17H16N6O2S/c24-16(15-11-26-22-21-15)23-7-3-14(4-8-23)25-17-19-9-13(10-20-17)12-1-5-18-6-2-12/h1-2,5-6,9-11,14H,3-4,7-8H2. The van der Waals surface area contributed by atoms with Crippen molar-refractivity contribution in [3.05, 3.63) is 48.0 Å². The van der Waals surface area contributed by atoms with E-state index in [2.05, 4.69) is 24.5 Å². The second-order valence-corrected chi connectivity index (χ2v) is 6.50. The second-order valence-electron chi connectivity index (χ2n) is 5.89. The van der Waals surface area contributed by atoms with Crippen molar-refractivity contribution in [1.29, 1.82) is 0 Å². The Labute approximate surface area is 154 Å². The summed E-state index contributed by atoms with van der Waals surface area (Å²) in [5, 5.41) is 5.50. The van der Waals surface area contributed by atoms with Gasteiger partial charge < -0.3 is 9.64 Å². The SMILES string of the molecule is O=C(c1csnn1)N1CCC(Oc2ncc(-c3ccncc3)cn2)CC1. The van der Waals surface area contributed by atoms with Crippen LogP contribution in [0.25, 0.3) is 11.1 Å². The van der Waals surface area contributed by atoms with E-state index >= 15 is 0 Å². The minimum Gasteiger partial charge on any atom is -0.460 e. The summed E-state index contributed by atoms with van der Waals surface area (Å²) in [6.07, 6.45) is 8.42. The van der Waals surface area contributed by atoms with Crippen LogP contribution >= 0.6 is 11.5 Å². The van der Waals surface area contributed by atoms with Crippen LogP contribution in [-0.2, 0) is 0 Å². The average Bonchev–Trinajstić information content (AvgIpc) is 3.24. The molecule has 0 unspecified atom stereocenters. The van der Waals surface area contributed by atoms with Crippen molar-refractivity contribution in [1.82, 2.24) is 29.4 Å². The number of aromatic nitrogens is 5. The first-order chi connectivity index (χ1) is 12.8. The lowest BCUT2D eigenvalue weighted by Gasteiger charge is -2.31. The van der Waals surface area contributed by atoms with E-state index in [9.17, 15) is 4.79 Å². The van der Waals surface area contributed by atoms with Crippen LogP contribution in [-0.4, -0.2) is 54.5 Å². The van der Waals surface area contributed by atoms with Gasteiger partial charge in [-0.2, -0.15) is 0 Å². The van der Waals surface area contributed by atoms with Crippen LogP contribution in [0, 0.1) is 0 Å². The Morgan fingerprint density at radius 3 is 2.50 bits per heavy atom. The van der Waals surface area contributed by atoms with Crippen LogP contribution in [0.5, 0.6) is 6.01 Å². The van der Waals surface area contributed by atoms with Gasteiger partial charge in [-0.15, -0.1) is 5.10 Å². The Bertz CT molecular complexity index is 849. The molecule has 8 nitrogen and oxygen atoms in total. The minimum atomic E-state index is -0.0739.